The molecule has 0 aromatic heterocycles. The minimum atomic E-state index is 0.0958. The van der Waals surface area contributed by atoms with E-state index in [1.807, 2.05) is 12.1 Å². The average molecular weight is 267 g/mol. The first-order chi connectivity index (χ1) is 9.66. The van der Waals surface area contributed by atoms with Gasteiger partial charge in [-0.05, 0) is 43.0 Å². The number of hydrogen-bond acceptors (Lipinski definition) is 2. The van der Waals surface area contributed by atoms with Gasteiger partial charge < -0.3 is 10.5 Å². The number of ether oxygens (including phenoxy) is 1. The van der Waals surface area contributed by atoms with Crippen LogP contribution in [0.5, 0.6) is 5.75 Å². The molecule has 0 saturated heterocycles. The maximum Gasteiger partial charge on any atom is 0.122 e. The van der Waals surface area contributed by atoms with Crippen LogP contribution in [0, 0.1) is 13.8 Å². The standard InChI is InChI=1S/C18H21NO/c1-12-6-5-7-13(2)15(12)10-17(19)16-11-20-18-9-4-3-8-14(16)18/h3-9,16-17H,10-11,19H2,1-2H3. The van der Waals surface area contributed by atoms with Gasteiger partial charge in [-0.1, -0.05) is 36.4 Å². The molecule has 0 aliphatic carbocycles. The number of fused-ring (bicyclic) bond motifs is 1. The topological polar surface area (TPSA) is 35.2 Å². The van der Waals surface area contributed by atoms with E-state index in [1.165, 1.54) is 22.3 Å². The molecule has 0 spiro atoms. The van der Waals surface area contributed by atoms with Crippen molar-refractivity contribution in [3.63, 3.8) is 0 Å². The van der Waals surface area contributed by atoms with E-state index in [0.29, 0.717) is 12.5 Å². The third-order valence-corrected chi connectivity index (χ3v) is 4.34. The molecule has 2 N–H and O–H groups in total. The van der Waals surface area contributed by atoms with Gasteiger partial charge in [0.15, 0.2) is 0 Å². The van der Waals surface area contributed by atoms with Crippen molar-refractivity contribution >= 4 is 0 Å². The van der Waals surface area contributed by atoms with Crippen LogP contribution in [0.25, 0.3) is 0 Å². The normalized spacial score (nSPS) is 18.4. The fourth-order valence-electron chi connectivity index (χ4n) is 3.09. The summed E-state index contributed by atoms with van der Waals surface area (Å²) in [4.78, 5) is 0. The molecule has 2 heteroatoms. The van der Waals surface area contributed by atoms with Crippen LogP contribution in [0.4, 0.5) is 0 Å². The maximum atomic E-state index is 6.48. The highest BCUT2D eigenvalue weighted by Crippen LogP contribution is 2.36. The van der Waals surface area contributed by atoms with Crippen LogP contribution in [0.15, 0.2) is 42.5 Å². The van der Waals surface area contributed by atoms with Crippen molar-refractivity contribution in [1.29, 1.82) is 0 Å². The quantitative estimate of drug-likeness (QED) is 0.925. The van der Waals surface area contributed by atoms with Gasteiger partial charge in [0.25, 0.3) is 0 Å². The molecule has 0 fully saturated rings. The maximum absolute atomic E-state index is 6.48. The second-order valence-electron chi connectivity index (χ2n) is 5.69. The molecule has 1 aliphatic heterocycles. The highest BCUT2D eigenvalue weighted by Gasteiger charge is 2.29. The van der Waals surface area contributed by atoms with Gasteiger partial charge in [0.1, 0.15) is 5.75 Å². The van der Waals surface area contributed by atoms with Gasteiger partial charge in [-0.15, -0.1) is 0 Å². The summed E-state index contributed by atoms with van der Waals surface area (Å²) in [5.74, 6) is 1.29. The predicted molar refractivity (Wildman–Crippen MR) is 82.3 cm³/mol. The molecule has 2 aromatic carbocycles. The summed E-state index contributed by atoms with van der Waals surface area (Å²) < 4.78 is 5.75. The molecule has 1 heterocycles. The second kappa shape index (κ2) is 5.29. The van der Waals surface area contributed by atoms with Gasteiger partial charge in [0.05, 0.1) is 6.61 Å². The zero-order chi connectivity index (χ0) is 14.1. The van der Waals surface area contributed by atoms with Crippen molar-refractivity contribution in [2.45, 2.75) is 32.2 Å². The van der Waals surface area contributed by atoms with E-state index in [0.717, 1.165) is 12.2 Å². The predicted octanol–water partition coefficient (Wildman–Crippen LogP) is 3.35. The van der Waals surface area contributed by atoms with Gasteiger partial charge >= 0.3 is 0 Å². The average Bonchev–Trinajstić information content (AvgIpc) is 2.87. The minimum absolute atomic E-state index is 0.0958. The molecule has 20 heavy (non-hydrogen) atoms. The van der Waals surface area contributed by atoms with Crippen LogP contribution in [-0.4, -0.2) is 12.6 Å². The Morgan fingerprint density at radius 1 is 1.10 bits per heavy atom. The Balaban J connectivity index is 1.83. The second-order valence-corrected chi connectivity index (χ2v) is 5.69. The van der Waals surface area contributed by atoms with Crippen molar-refractivity contribution in [3.05, 3.63) is 64.7 Å². The Morgan fingerprint density at radius 3 is 2.55 bits per heavy atom. The number of aryl methyl sites for hydroxylation is 2. The molecule has 2 unspecified atom stereocenters. The highest BCUT2D eigenvalue weighted by atomic mass is 16.5. The molecular weight excluding hydrogens is 246 g/mol. The summed E-state index contributed by atoms with van der Waals surface area (Å²) in [5.41, 5.74) is 11.8. The van der Waals surface area contributed by atoms with E-state index in [9.17, 15) is 0 Å². The van der Waals surface area contributed by atoms with Crippen molar-refractivity contribution < 1.29 is 4.74 Å². The van der Waals surface area contributed by atoms with E-state index in [1.54, 1.807) is 0 Å². The van der Waals surface area contributed by atoms with Gasteiger partial charge in [-0.25, -0.2) is 0 Å². The van der Waals surface area contributed by atoms with Crippen molar-refractivity contribution in [3.8, 4) is 5.75 Å². The molecule has 3 rings (SSSR count). The molecular formula is C18H21NO. The molecule has 2 atom stereocenters. The summed E-state index contributed by atoms with van der Waals surface area (Å²) in [6, 6.07) is 14.8. The van der Waals surface area contributed by atoms with E-state index in [4.69, 9.17) is 10.5 Å². The summed E-state index contributed by atoms with van der Waals surface area (Å²) in [6.07, 6.45) is 0.904. The van der Waals surface area contributed by atoms with Crippen LogP contribution >= 0.6 is 0 Å². The van der Waals surface area contributed by atoms with Crippen molar-refractivity contribution in [1.82, 2.24) is 0 Å². The van der Waals surface area contributed by atoms with E-state index >= 15 is 0 Å². The SMILES string of the molecule is Cc1cccc(C)c1CC(N)C1COc2ccccc21. The molecule has 2 nitrogen and oxygen atoms in total. The monoisotopic (exact) mass is 267 g/mol. The fourth-order valence-corrected chi connectivity index (χ4v) is 3.09. The van der Waals surface area contributed by atoms with E-state index in [-0.39, 0.29) is 6.04 Å². The summed E-state index contributed by atoms with van der Waals surface area (Å²) in [5, 5.41) is 0. The first-order valence-corrected chi connectivity index (χ1v) is 7.19. The molecule has 0 amide bonds. The van der Waals surface area contributed by atoms with E-state index < -0.39 is 0 Å². The molecule has 2 aromatic rings. The number of nitrogens with two attached hydrogens (primary N) is 1. The van der Waals surface area contributed by atoms with Gasteiger partial charge in [-0.2, -0.15) is 0 Å². The van der Waals surface area contributed by atoms with Gasteiger partial charge in [0.2, 0.25) is 0 Å². The smallest absolute Gasteiger partial charge is 0.122 e. The zero-order valence-electron chi connectivity index (χ0n) is 12.1. The third-order valence-electron chi connectivity index (χ3n) is 4.34. The Bertz CT molecular complexity index is 600. The largest absolute Gasteiger partial charge is 0.493 e. The molecule has 0 radical (unpaired) electrons. The molecule has 104 valence electrons. The van der Waals surface area contributed by atoms with Crippen LogP contribution in [0.1, 0.15) is 28.2 Å². The van der Waals surface area contributed by atoms with Crippen LogP contribution in [0.2, 0.25) is 0 Å². The number of rotatable bonds is 3. The lowest BCUT2D eigenvalue weighted by Crippen LogP contribution is -2.32. The van der Waals surface area contributed by atoms with Crippen molar-refractivity contribution in [2.75, 3.05) is 6.61 Å². The fraction of sp³-hybridized carbons (Fsp3) is 0.333. The Kier molecular flexibility index (Phi) is 3.49. The lowest BCUT2D eigenvalue weighted by atomic mass is 9.87. The Hall–Kier alpha value is -1.80. The lowest BCUT2D eigenvalue weighted by Gasteiger charge is -2.20. The summed E-state index contributed by atoms with van der Waals surface area (Å²) >= 11 is 0. The highest BCUT2D eigenvalue weighted by molar-refractivity contribution is 5.41. The van der Waals surface area contributed by atoms with Crippen LogP contribution in [0.3, 0.4) is 0 Å². The zero-order valence-corrected chi connectivity index (χ0v) is 12.1. The Labute approximate surface area is 120 Å². The molecule has 0 bridgehead atoms. The number of benzene rings is 2. The first-order valence-electron chi connectivity index (χ1n) is 7.19. The summed E-state index contributed by atoms with van der Waals surface area (Å²) in [7, 11) is 0. The van der Waals surface area contributed by atoms with Crippen LogP contribution < -0.4 is 10.5 Å². The number of hydrogen-bond donors (Lipinski definition) is 1. The minimum Gasteiger partial charge on any atom is -0.493 e. The van der Waals surface area contributed by atoms with Crippen molar-refractivity contribution in [2.24, 2.45) is 5.73 Å². The van der Waals surface area contributed by atoms with Gasteiger partial charge in [0, 0.05) is 17.5 Å². The number of para-hydroxylation sites is 1. The van der Waals surface area contributed by atoms with E-state index in [2.05, 4.69) is 44.2 Å². The van der Waals surface area contributed by atoms with Gasteiger partial charge in [-0.3, -0.25) is 0 Å². The summed E-state index contributed by atoms with van der Waals surface area (Å²) in [6.45, 7) is 5.02. The Morgan fingerprint density at radius 2 is 1.80 bits per heavy atom. The third kappa shape index (κ3) is 2.32. The molecule has 0 saturated carbocycles. The lowest BCUT2D eigenvalue weighted by molar-refractivity contribution is 0.313. The molecule has 1 aliphatic rings. The first kappa shape index (κ1) is 13.2. The van der Waals surface area contributed by atoms with Crippen LogP contribution in [-0.2, 0) is 6.42 Å².